The van der Waals surface area contributed by atoms with Gasteiger partial charge < -0.3 is 19.5 Å². The number of nitrogens with zero attached hydrogens (tertiary/aromatic N) is 2. The largest absolute Gasteiger partial charge is 0.507 e. The van der Waals surface area contributed by atoms with Gasteiger partial charge >= 0.3 is 0 Å². The zero-order chi connectivity index (χ0) is 23.3. The second-order valence-electron chi connectivity index (χ2n) is 7.62. The lowest BCUT2D eigenvalue weighted by Gasteiger charge is -2.25. The molecule has 2 heterocycles. The van der Waals surface area contributed by atoms with Crippen molar-refractivity contribution in [3.63, 3.8) is 0 Å². The van der Waals surface area contributed by atoms with E-state index in [1.54, 1.807) is 42.7 Å². The van der Waals surface area contributed by atoms with E-state index >= 15 is 0 Å². The van der Waals surface area contributed by atoms with Gasteiger partial charge in [0.15, 0.2) is 0 Å². The van der Waals surface area contributed by atoms with Gasteiger partial charge in [0, 0.05) is 31.1 Å². The lowest BCUT2D eigenvalue weighted by Crippen LogP contribution is -2.31. The number of likely N-dealkylation sites (tertiary alicyclic amines) is 1. The van der Waals surface area contributed by atoms with Gasteiger partial charge in [-0.15, -0.1) is 0 Å². The second-order valence-corrected chi connectivity index (χ2v) is 8.03. The molecule has 1 aromatic heterocycles. The summed E-state index contributed by atoms with van der Waals surface area (Å²) in [7, 11) is 0. The van der Waals surface area contributed by atoms with E-state index in [9.17, 15) is 14.7 Å². The third kappa shape index (κ3) is 5.11. The maximum absolute atomic E-state index is 13.0. The molecule has 32 heavy (non-hydrogen) atoms. The Hall–Kier alpha value is -2.90. The average Bonchev–Trinajstić information content (AvgIpc) is 3.03. The molecule has 1 fully saturated rings. The van der Waals surface area contributed by atoms with E-state index in [1.807, 2.05) is 20.8 Å². The molecule has 170 valence electrons. The molecule has 1 aliphatic heterocycles. The van der Waals surface area contributed by atoms with Crippen LogP contribution in [-0.2, 0) is 14.3 Å². The number of aromatic nitrogens is 1. The van der Waals surface area contributed by atoms with E-state index in [4.69, 9.17) is 21.1 Å². The number of ether oxygens (including phenoxy) is 2. The Morgan fingerprint density at radius 3 is 2.59 bits per heavy atom. The third-order valence-corrected chi connectivity index (χ3v) is 5.39. The van der Waals surface area contributed by atoms with E-state index < -0.39 is 17.7 Å². The van der Waals surface area contributed by atoms with Crippen LogP contribution >= 0.6 is 11.6 Å². The normalized spacial score (nSPS) is 17.9. The molecule has 0 aliphatic carbocycles. The predicted molar refractivity (Wildman–Crippen MR) is 122 cm³/mol. The molecule has 1 aliphatic rings. The van der Waals surface area contributed by atoms with Gasteiger partial charge in [0.1, 0.15) is 11.5 Å². The molecule has 0 saturated carbocycles. The van der Waals surface area contributed by atoms with Gasteiger partial charge in [-0.05, 0) is 63.1 Å². The van der Waals surface area contributed by atoms with E-state index in [-0.39, 0.29) is 28.0 Å². The van der Waals surface area contributed by atoms with Crippen molar-refractivity contribution in [2.75, 3.05) is 19.8 Å². The number of rotatable bonds is 9. The van der Waals surface area contributed by atoms with Gasteiger partial charge in [0.25, 0.3) is 11.7 Å². The zero-order valence-electron chi connectivity index (χ0n) is 18.4. The molecule has 8 heteroatoms. The van der Waals surface area contributed by atoms with Gasteiger partial charge in [-0.2, -0.15) is 0 Å². The minimum Gasteiger partial charge on any atom is -0.507 e. The number of pyridine rings is 1. The highest BCUT2D eigenvalue weighted by molar-refractivity contribution is 6.47. The lowest BCUT2D eigenvalue weighted by molar-refractivity contribution is -0.140. The summed E-state index contributed by atoms with van der Waals surface area (Å²) in [4.78, 5) is 31.5. The highest BCUT2D eigenvalue weighted by Gasteiger charge is 2.46. The van der Waals surface area contributed by atoms with Crippen LogP contribution in [0.1, 0.15) is 44.4 Å². The van der Waals surface area contributed by atoms with Crippen LogP contribution < -0.4 is 4.74 Å². The zero-order valence-corrected chi connectivity index (χ0v) is 19.1. The molecule has 1 amide bonds. The number of amides is 1. The van der Waals surface area contributed by atoms with Crippen LogP contribution in [0.2, 0.25) is 5.02 Å². The minimum absolute atomic E-state index is 0.0125. The molecule has 0 spiro atoms. The van der Waals surface area contributed by atoms with Crippen molar-refractivity contribution < 1.29 is 24.2 Å². The summed E-state index contributed by atoms with van der Waals surface area (Å²) in [6, 6.07) is 7.51. The number of hydrogen-bond acceptors (Lipinski definition) is 6. The highest BCUT2D eigenvalue weighted by atomic mass is 35.5. The van der Waals surface area contributed by atoms with E-state index in [0.717, 1.165) is 0 Å². The Morgan fingerprint density at radius 2 is 1.94 bits per heavy atom. The summed E-state index contributed by atoms with van der Waals surface area (Å²) < 4.78 is 11.1. The summed E-state index contributed by atoms with van der Waals surface area (Å²) in [5, 5.41) is 11.4. The van der Waals surface area contributed by atoms with Gasteiger partial charge in [-0.1, -0.05) is 11.6 Å². The van der Waals surface area contributed by atoms with Crippen LogP contribution in [0, 0.1) is 0 Å². The number of halogens is 1. The van der Waals surface area contributed by atoms with Crippen LogP contribution in [-0.4, -0.2) is 52.5 Å². The van der Waals surface area contributed by atoms with E-state index in [2.05, 4.69) is 4.98 Å². The van der Waals surface area contributed by atoms with E-state index in [0.29, 0.717) is 37.5 Å². The molecular formula is C24H27ClN2O5. The second kappa shape index (κ2) is 10.6. The minimum atomic E-state index is -0.760. The number of ketones is 1. The number of aliphatic hydroxyl groups is 1. The first kappa shape index (κ1) is 23.8. The fourth-order valence-electron chi connectivity index (χ4n) is 3.64. The Balaban J connectivity index is 2.05. The predicted octanol–water partition coefficient (Wildman–Crippen LogP) is 4.37. The molecule has 1 saturated heterocycles. The first-order chi connectivity index (χ1) is 15.3. The Kier molecular flexibility index (Phi) is 7.88. The Labute approximate surface area is 192 Å². The molecule has 0 bridgehead atoms. The topological polar surface area (TPSA) is 89.0 Å². The first-order valence-corrected chi connectivity index (χ1v) is 11.0. The van der Waals surface area contributed by atoms with Crippen LogP contribution in [0.5, 0.6) is 5.75 Å². The smallest absolute Gasteiger partial charge is 0.295 e. The number of carbonyl (C=O) groups excluding carboxylic acids is 2. The summed E-state index contributed by atoms with van der Waals surface area (Å²) in [5.41, 5.74) is 0.891. The molecule has 1 atom stereocenters. The average molecular weight is 459 g/mol. The molecule has 2 aromatic rings. The van der Waals surface area contributed by atoms with Crippen molar-refractivity contribution in [3.8, 4) is 5.75 Å². The summed E-state index contributed by atoms with van der Waals surface area (Å²) in [5.74, 6) is -1.27. The van der Waals surface area contributed by atoms with Crippen molar-refractivity contribution in [1.29, 1.82) is 0 Å². The van der Waals surface area contributed by atoms with Crippen LogP contribution in [0.15, 0.2) is 48.3 Å². The summed E-state index contributed by atoms with van der Waals surface area (Å²) >= 11 is 6.33. The van der Waals surface area contributed by atoms with Gasteiger partial charge in [0.2, 0.25) is 0 Å². The maximum atomic E-state index is 13.0. The fraction of sp³-hybridized carbons (Fsp3) is 0.375. The van der Waals surface area contributed by atoms with E-state index in [1.165, 1.54) is 4.90 Å². The number of benzene rings is 1. The molecular weight excluding hydrogens is 432 g/mol. The van der Waals surface area contributed by atoms with Crippen molar-refractivity contribution >= 4 is 29.1 Å². The number of hydrogen-bond donors (Lipinski definition) is 1. The highest BCUT2D eigenvalue weighted by Crippen LogP contribution is 2.41. The summed E-state index contributed by atoms with van der Waals surface area (Å²) in [6.07, 6.45) is 3.79. The first-order valence-electron chi connectivity index (χ1n) is 10.6. The SMILES string of the molecule is CCOc1ccc(Cl)c(/C(O)=C2\C(=O)C(=O)N(CCCOC(C)C)C2c2ccncc2)c1. The number of carbonyl (C=O) groups is 2. The standard InChI is InChI=1S/C24H27ClN2O5/c1-4-31-17-6-7-19(25)18(14-17)22(28)20-21(16-8-10-26-11-9-16)27(24(30)23(20)29)12-5-13-32-15(2)3/h6-11,14-15,21,28H,4-5,12-13H2,1-3H3/b22-20+. The molecule has 1 unspecified atom stereocenters. The number of aliphatic hydroxyl groups excluding tert-OH is 1. The quantitative estimate of drug-likeness (QED) is 0.260. The maximum Gasteiger partial charge on any atom is 0.295 e. The molecule has 1 aromatic carbocycles. The number of Topliss-reactive ketones (excluding diaryl/α,β-unsaturated/α-hetero) is 1. The lowest BCUT2D eigenvalue weighted by atomic mass is 9.96. The molecule has 3 rings (SSSR count). The third-order valence-electron chi connectivity index (χ3n) is 5.06. The van der Waals surface area contributed by atoms with Gasteiger partial charge in [0.05, 0.1) is 29.3 Å². The van der Waals surface area contributed by atoms with Crippen molar-refractivity contribution in [2.24, 2.45) is 0 Å². The van der Waals surface area contributed by atoms with Crippen molar-refractivity contribution in [3.05, 3.63) is 64.4 Å². The van der Waals surface area contributed by atoms with Gasteiger partial charge in [-0.25, -0.2) is 0 Å². The van der Waals surface area contributed by atoms with Crippen molar-refractivity contribution in [1.82, 2.24) is 9.88 Å². The van der Waals surface area contributed by atoms with Gasteiger partial charge in [-0.3, -0.25) is 14.6 Å². The van der Waals surface area contributed by atoms with Crippen LogP contribution in [0.25, 0.3) is 5.76 Å². The van der Waals surface area contributed by atoms with Crippen LogP contribution in [0.4, 0.5) is 0 Å². The molecule has 7 nitrogen and oxygen atoms in total. The molecule has 1 N–H and O–H groups in total. The Morgan fingerprint density at radius 1 is 1.22 bits per heavy atom. The Bertz CT molecular complexity index is 1010. The summed E-state index contributed by atoms with van der Waals surface area (Å²) in [6.45, 7) is 6.89. The fourth-order valence-corrected chi connectivity index (χ4v) is 3.85. The molecule has 0 radical (unpaired) electrons. The van der Waals surface area contributed by atoms with Crippen molar-refractivity contribution in [2.45, 2.75) is 39.3 Å². The van der Waals surface area contributed by atoms with Crippen LogP contribution in [0.3, 0.4) is 0 Å². The monoisotopic (exact) mass is 458 g/mol.